The highest BCUT2D eigenvalue weighted by Crippen LogP contribution is 2.23. The van der Waals surface area contributed by atoms with E-state index in [1.165, 1.54) is 0 Å². The topological polar surface area (TPSA) is 49.9 Å². The summed E-state index contributed by atoms with van der Waals surface area (Å²) in [5.41, 5.74) is 0.432. The molecule has 1 aliphatic rings. The molecule has 0 bridgehead atoms. The summed E-state index contributed by atoms with van der Waals surface area (Å²) in [4.78, 5) is 28.4. The normalized spacial score (nSPS) is 17.9. The first-order valence-corrected chi connectivity index (χ1v) is 9.13. The van der Waals surface area contributed by atoms with Crippen LogP contribution < -0.4 is 4.90 Å². The van der Waals surface area contributed by atoms with E-state index >= 15 is 0 Å². The fourth-order valence-corrected chi connectivity index (χ4v) is 3.11. The minimum Gasteiger partial charge on any atom is -0.444 e. The summed E-state index contributed by atoms with van der Waals surface area (Å²) in [7, 11) is 0. The van der Waals surface area contributed by atoms with Crippen molar-refractivity contribution < 1.29 is 14.3 Å². The molecule has 0 N–H and O–H groups in total. The number of benzene rings is 1. The Labute approximate surface area is 150 Å². The monoisotopic (exact) mass is 346 g/mol. The van der Waals surface area contributed by atoms with Gasteiger partial charge in [0.15, 0.2) is 0 Å². The van der Waals surface area contributed by atoms with E-state index in [0.29, 0.717) is 19.5 Å². The summed E-state index contributed by atoms with van der Waals surface area (Å²) in [5, 5.41) is 0. The van der Waals surface area contributed by atoms with E-state index in [4.69, 9.17) is 4.74 Å². The zero-order valence-electron chi connectivity index (χ0n) is 15.8. The first kappa shape index (κ1) is 19.3. The van der Waals surface area contributed by atoms with Crippen LogP contribution in [0.25, 0.3) is 0 Å². The van der Waals surface area contributed by atoms with Crippen molar-refractivity contribution in [1.29, 1.82) is 0 Å². The lowest BCUT2D eigenvalue weighted by Gasteiger charge is -2.36. The Morgan fingerprint density at radius 1 is 1.24 bits per heavy atom. The van der Waals surface area contributed by atoms with Gasteiger partial charge in [-0.3, -0.25) is 4.79 Å². The molecule has 2 amide bonds. The van der Waals surface area contributed by atoms with Crippen molar-refractivity contribution in [3.63, 3.8) is 0 Å². The predicted molar refractivity (Wildman–Crippen MR) is 99.6 cm³/mol. The van der Waals surface area contributed by atoms with Gasteiger partial charge in [0.2, 0.25) is 5.91 Å². The number of anilines is 1. The number of carbonyl (C=O) groups excluding carboxylic acids is 2. The minimum atomic E-state index is -0.488. The van der Waals surface area contributed by atoms with Crippen molar-refractivity contribution in [3.05, 3.63) is 30.3 Å². The third-order valence-electron chi connectivity index (χ3n) is 4.28. The molecule has 5 nitrogen and oxygen atoms in total. The van der Waals surface area contributed by atoms with E-state index in [0.717, 1.165) is 25.1 Å². The largest absolute Gasteiger partial charge is 0.444 e. The van der Waals surface area contributed by atoms with Crippen LogP contribution in [0.5, 0.6) is 0 Å². The van der Waals surface area contributed by atoms with Crippen molar-refractivity contribution in [2.75, 3.05) is 24.5 Å². The number of carbonyl (C=O) groups is 2. The molecular formula is C20H30N2O3. The third kappa shape index (κ3) is 5.76. The molecule has 138 valence electrons. The molecule has 1 aromatic carbocycles. The standard InChI is InChI=1S/C20H30N2O3/c1-5-18(23)22(17-11-7-6-8-12-17)15-16-10-9-13-21(14-16)19(24)25-20(2,3)4/h6-8,11-12,16H,5,9-10,13-15H2,1-4H3/t16-/m0/s1. The van der Waals surface area contributed by atoms with Gasteiger partial charge in [-0.05, 0) is 51.7 Å². The fraction of sp³-hybridized carbons (Fsp3) is 0.600. The van der Waals surface area contributed by atoms with Gasteiger partial charge in [0.1, 0.15) is 5.60 Å². The summed E-state index contributed by atoms with van der Waals surface area (Å²) in [6.45, 7) is 9.51. The third-order valence-corrected chi connectivity index (χ3v) is 4.28. The molecule has 0 aromatic heterocycles. The molecule has 1 saturated heterocycles. The molecule has 1 fully saturated rings. The van der Waals surface area contributed by atoms with E-state index < -0.39 is 5.60 Å². The van der Waals surface area contributed by atoms with Crippen LogP contribution in [0, 0.1) is 5.92 Å². The second-order valence-corrected chi connectivity index (χ2v) is 7.63. The Morgan fingerprint density at radius 2 is 1.92 bits per heavy atom. The van der Waals surface area contributed by atoms with Crippen LogP contribution in [0.3, 0.4) is 0 Å². The number of piperidine rings is 1. The van der Waals surface area contributed by atoms with Gasteiger partial charge >= 0.3 is 6.09 Å². The zero-order valence-corrected chi connectivity index (χ0v) is 15.8. The van der Waals surface area contributed by atoms with Crippen LogP contribution in [0.1, 0.15) is 47.0 Å². The number of rotatable bonds is 4. The van der Waals surface area contributed by atoms with Crippen LogP contribution in [0.2, 0.25) is 0 Å². The van der Waals surface area contributed by atoms with Crippen molar-refractivity contribution in [2.24, 2.45) is 5.92 Å². The summed E-state index contributed by atoms with van der Waals surface area (Å²) in [6, 6.07) is 9.76. The zero-order chi connectivity index (χ0) is 18.4. The molecular weight excluding hydrogens is 316 g/mol. The number of hydrogen-bond acceptors (Lipinski definition) is 3. The molecule has 0 saturated carbocycles. The number of ether oxygens (including phenoxy) is 1. The molecule has 1 aliphatic heterocycles. The van der Waals surface area contributed by atoms with Gasteiger partial charge in [-0.15, -0.1) is 0 Å². The van der Waals surface area contributed by atoms with E-state index in [2.05, 4.69) is 0 Å². The van der Waals surface area contributed by atoms with E-state index in [-0.39, 0.29) is 17.9 Å². The molecule has 0 spiro atoms. The van der Waals surface area contributed by atoms with Crippen molar-refractivity contribution in [1.82, 2.24) is 4.90 Å². The lowest BCUT2D eigenvalue weighted by molar-refractivity contribution is -0.118. The molecule has 0 aliphatic carbocycles. The highest BCUT2D eigenvalue weighted by molar-refractivity contribution is 5.93. The second-order valence-electron chi connectivity index (χ2n) is 7.63. The molecule has 2 rings (SSSR count). The van der Waals surface area contributed by atoms with Gasteiger partial charge in [-0.25, -0.2) is 4.79 Å². The Bertz CT molecular complexity index is 580. The number of nitrogens with zero attached hydrogens (tertiary/aromatic N) is 2. The van der Waals surface area contributed by atoms with Crippen LogP contribution in [-0.4, -0.2) is 42.1 Å². The summed E-state index contributed by atoms with van der Waals surface area (Å²) < 4.78 is 5.49. The van der Waals surface area contributed by atoms with Gasteiger partial charge in [0.05, 0.1) is 0 Å². The Kier molecular flexibility index (Phi) is 6.45. The van der Waals surface area contributed by atoms with Crippen molar-refractivity contribution in [2.45, 2.75) is 52.6 Å². The maximum Gasteiger partial charge on any atom is 0.410 e. The highest BCUT2D eigenvalue weighted by Gasteiger charge is 2.29. The number of para-hydroxylation sites is 1. The van der Waals surface area contributed by atoms with E-state index in [1.807, 2.05) is 62.9 Å². The molecule has 1 aromatic rings. The SMILES string of the molecule is CCC(=O)N(C[C@H]1CCCN(C(=O)OC(C)(C)C)C1)c1ccccc1. The molecule has 0 radical (unpaired) electrons. The Balaban J connectivity index is 2.04. The smallest absolute Gasteiger partial charge is 0.410 e. The first-order chi connectivity index (χ1) is 11.8. The lowest BCUT2D eigenvalue weighted by Crippen LogP contribution is -2.46. The van der Waals surface area contributed by atoms with Crippen LogP contribution in [0.15, 0.2) is 30.3 Å². The number of likely N-dealkylation sites (tertiary alicyclic amines) is 1. The summed E-state index contributed by atoms with van der Waals surface area (Å²) >= 11 is 0. The molecule has 5 heteroatoms. The average Bonchev–Trinajstić information content (AvgIpc) is 2.58. The maximum atomic E-state index is 12.4. The number of amides is 2. The van der Waals surface area contributed by atoms with E-state index in [1.54, 1.807) is 4.90 Å². The van der Waals surface area contributed by atoms with Crippen LogP contribution in [-0.2, 0) is 9.53 Å². The first-order valence-electron chi connectivity index (χ1n) is 9.13. The van der Waals surface area contributed by atoms with Crippen LogP contribution >= 0.6 is 0 Å². The molecule has 25 heavy (non-hydrogen) atoms. The van der Waals surface area contributed by atoms with Gasteiger partial charge in [0, 0.05) is 31.7 Å². The molecule has 1 atom stereocenters. The molecule has 1 heterocycles. The Hall–Kier alpha value is -2.04. The van der Waals surface area contributed by atoms with Gasteiger partial charge in [-0.1, -0.05) is 25.1 Å². The highest BCUT2D eigenvalue weighted by atomic mass is 16.6. The van der Waals surface area contributed by atoms with Crippen molar-refractivity contribution >= 4 is 17.7 Å². The predicted octanol–water partition coefficient (Wildman–Crippen LogP) is 4.08. The summed E-state index contributed by atoms with van der Waals surface area (Å²) in [5.74, 6) is 0.373. The quantitative estimate of drug-likeness (QED) is 0.825. The second kappa shape index (κ2) is 8.37. The van der Waals surface area contributed by atoms with Crippen LogP contribution in [0.4, 0.5) is 10.5 Å². The fourth-order valence-electron chi connectivity index (χ4n) is 3.11. The average molecular weight is 346 g/mol. The Morgan fingerprint density at radius 3 is 2.52 bits per heavy atom. The molecule has 0 unspecified atom stereocenters. The maximum absolute atomic E-state index is 12.4. The van der Waals surface area contributed by atoms with E-state index in [9.17, 15) is 9.59 Å². The minimum absolute atomic E-state index is 0.112. The van der Waals surface area contributed by atoms with Gasteiger partial charge in [-0.2, -0.15) is 0 Å². The van der Waals surface area contributed by atoms with Gasteiger partial charge in [0.25, 0.3) is 0 Å². The van der Waals surface area contributed by atoms with Crippen molar-refractivity contribution in [3.8, 4) is 0 Å². The summed E-state index contributed by atoms with van der Waals surface area (Å²) in [6.07, 6.45) is 2.16. The number of hydrogen-bond donors (Lipinski definition) is 0. The lowest BCUT2D eigenvalue weighted by atomic mass is 9.97. The van der Waals surface area contributed by atoms with Gasteiger partial charge < -0.3 is 14.5 Å².